The topological polar surface area (TPSA) is 65.9 Å². The van der Waals surface area contributed by atoms with E-state index in [4.69, 9.17) is 4.74 Å². The lowest BCUT2D eigenvalue weighted by molar-refractivity contribution is 0.131. The van der Waals surface area contributed by atoms with Crippen LogP contribution in [0.2, 0.25) is 0 Å². The van der Waals surface area contributed by atoms with Gasteiger partial charge in [-0.15, -0.1) is 0 Å². The Morgan fingerprint density at radius 3 is 2.88 bits per heavy atom. The van der Waals surface area contributed by atoms with Gasteiger partial charge in [0.05, 0.1) is 13.2 Å². The highest BCUT2D eigenvalue weighted by Crippen LogP contribution is 2.32. The van der Waals surface area contributed by atoms with E-state index in [9.17, 15) is 13.9 Å². The summed E-state index contributed by atoms with van der Waals surface area (Å²) in [7, 11) is 0. The molecule has 0 amide bonds. The summed E-state index contributed by atoms with van der Waals surface area (Å²) in [5, 5.41) is 15.6. The fraction of sp³-hybridized carbons (Fsp3) is 0.611. The molecule has 1 saturated heterocycles. The van der Waals surface area contributed by atoms with Crippen molar-refractivity contribution in [3.8, 4) is 0 Å². The average Bonchev–Trinajstić information content (AvgIpc) is 3.05. The third-order valence-electron chi connectivity index (χ3n) is 4.44. The number of hydrogen-bond donors (Lipinski definition) is 3. The van der Waals surface area contributed by atoms with Crippen LogP contribution < -0.4 is 10.6 Å². The van der Waals surface area contributed by atoms with Crippen molar-refractivity contribution in [1.29, 1.82) is 0 Å². The van der Waals surface area contributed by atoms with Crippen molar-refractivity contribution in [3.63, 3.8) is 0 Å². The fourth-order valence-corrected chi connectivity index (χ4v) is 2.93. The molecule has 0 saturated carbocycles. The number of guanidine groups is 1. The molecule has 7 heteroatoms. The van der Waals surface area contributed by atoms with Crippen molar-refractivity contribution < 1.29 is 18.6 Å². The van der Waals surface area contributed by atoms with Crippen LogP contribution in [0.4, 0.5) is 8.78 Å². The van der Waals surface area contributed by atoms with E-state index in [1.54, 1.807) is 0 Å². The first-order valence-corrected chi connectivity index (χ1v) is 8.73. The fourth-order valence-electron chi connectivity index (χ4n) is 2.93. The zero-order valence-corrected chi connectivity index (χ0v) is 14.7. The predicted octanol–water partition coefficient (Wildman–Crippen LogP) is 1.85. The Bertz CT molecular complexity index is 575. The molecule has 1 heterocycles. The molecule has 1 aliphatic heterocycles. The van der Waals surface area contributed by atoms with Gasteiger partial charge in [0.2, 0.25) is 0 Å². The minimum absolute atomic E-state index is 0.113. The van der Waals surface area contributed by atoms with Crippen LogP contribution in [-0.2, 0) is 11.2 Å². The number of aliphatic hydroxyl groups excluding tert-OH is 1. The summed E-state index contributed by atoms with van der Waals surface area (Å²) in [5.74, 6) is -0.220. The number of halogens is 2. The zero-order chi connectivity index (χ0) is 18.1. The molecule has 0 spiro atoms. The molecular weight excluding hydrogens is 328 g/mol. The second kappa shape index (κ2) is 9.68. The Morgan fingerprint density at radius 1 is 1.36 bits per heavy atom. The molecule has 3 N–H and O–H groups in total. The highest BCUT2D eigenvalue weighted by Gasteiger charge is 2.34. The third kappa shape index (κ3) is 5.93. The molecule has 140 valence electrons. The zero-order valence-electron chi connectivity index (χ0n) is 14.7. The second-order valence-electron chi connectivity index (χ2n) is 6.38. The van der Waals surface area contributed by atoms with E-state index < -0.39 is 11.6 Å². The van der Waals surface area contributed by atoms with Crippen molar-refractivity contribution in [3.05, 3.63) is 35.4 Å². The minimum atomic E-state index is -0.441. The number of nitrogens with one attached hydrogen (secondary N) is 2. The van der Waals surface area contributed by atoms with Gasteiger partial charge in [-0.05, 0) is 49.9 Å². The van der Waals surface area contributed by atoms with Crippen LogP contribution in [0, 0.1) is 17.0 Å². The van der Waals surface area contributed by atoms with E-state index in [1.807, 2.05) is 6.92 Å². The molecule has 1 aliphatic rings. The number of ether oxygens (including phenoxy) is 1. The van der Waals surface area contributed by atoms with E-state index in [2.05, 4.69) is 15.6 Å². The van der Waals surface area contributed by atoms with Gasteiger partial charge < -0.3 is 20.5 Å². The molecule has 5 nitrogen and oxygen atoms in total. The van der Waals surface area contributed by atoms with Crippen LogP contribution in [0.5, 0.6) is 0 Å². The number of benzene rings is 1. The van der Waals surface area contributed by atoms with Crippen molar-refractivity contribution in [2.75, 3.05) is 39.5 Å². The maximum atomic E-state index is 13.7. The van der Waals surface area contributed by atoms with Gasteiger partial charge in [0, 0.05) is 31.7 Å². The van der Waals surface area contributed by atoms with E-state index in [1.165, 1.54) is 6.07 Å². The first-order valence-electron chi connectivity index (χ1n) is 8.73. The van der Waals surface area contributed by atoms with E-state index in [0.29, 0.717) is 57.2 Å². The van der Waals surface area contributed by atoms with Gasteiger partial charge in [-0.25, -0.2) is 8.78 Å². The van der Waals surface area contributed by atoms with Crippen molar-refractivity contribution in [1.82, 2.24) is 10.6 Å². The normalized spacial score (nSPS) is 20.7. The predicted molar refractivity (Wildman–Crippen MR) is 93.6 cm³/mol. The number of aliphatic hydroxyl groups is 1. The number of rotatable bonds is 8. The van der Waals surface area contributed by atoms with Crippen LogP contribution >= 0.6 is 0 Å². The second-order valence-corrected chi connectivity index (χ2v) is 6.38. The number of nitrogens with zero attached hydrogens (tertiary/aromatic N) is 1. The van der Waals surface area contributed by atoms with Gasteiger partial charge in [0.25, 0.3) is 0 Å². The Morgan fingerprint density at radius 2 is 2.20 bits per heavy atom. The molecule has 1 aromatic rings. The summed E-state index contributed by atoms with van der Waals surface area (Å²) in [6, 6.07) is 3.47. The Balaban J connectivity index is 1.92. The highest BCUT2D eigenvalue weighted by molar-refractivity contribution is 5.79. The largest absolute Gasteiger partial charge is 0.396 e. The monoisotopic (exact) mass is 355 g/mol. The van der Waals surface area contributed by atoms with Crippen LogP contribution in [0.25, 0.3) is 0 Å². The van der Waals surface area contributed by atoms with Gasteiger partial charge in [-0.1, -0.05) is 0 Å². The maximum Gasteiger partial charge on any atom is 0.191 e. The van der Waals surface area contributed by atoms with Crippen LogP contribution in [-0.4, -0.2) is 50.5 Å². The molecule has 1 fully saturated rings. The molecule has 0 aromatic heterocycles. The number of aliphatic imine (C=N–C) groups is 1. The van der Waals surface area contributed by atoms with Gasteiger partial charge >= 0.3 is 0 Å². The summed E-state index contributed by atoms with van der Waals surface area (Å²) in [6.07, 6.45) is 1.90. The number of hydrogen-bond acceptors (Lipinski definition) is 3. The molecule has 2 rings (SSSR count). The molecule has 0 aliphatic carbocycles. The maximum absolute atomic E-state index is 13.7. The molecule has 1 aromatic carbocycles. The van der Waals surface area contributed by atoms with Crippen molar-refractivity contribution in [2.45, 2.75) is 26.2 Å². The smallest absolute Gasteiger partial charge is 0.191 e. The first kappa shape index (κ1) is 19.6. The third-order valence-corrected chi connectivity index (χ3v) is 4.44. The summed E-state index contributed by atoms with van der Waals surface area (Å²) in [4.78, 5) is 4.59. The molecule has 1 atom stereocenters. The lowest BCUT2D eigenvalue weighted by atomic mass is 9.84. The Kier molecular flexibility index (Phi) is 7.58. The quantitative estimate of drug-likeness (QED) is 0.492. The summed E-state index contributed by atoms with van der Waals surface area (Å²) >= 11 is 0. The average molecular weight is 355 g/mol. The van der Waals surface area contributed by atoms with E-state index in [-0.39, 0.29) is 12.0 Å². The molecular formula is C18H27F2N3O2. The summed E-state index contributed by atoms with van der Waals surface area (Å²) in [5.41, 5.74) is 0.218. The molecule has 1 unspecified atom stereocenters. The van der Waals surface area contributed by atoms with Gasteiger partial charge in [0.1, 0.15) is 11.6 Å². The van der Waals surface area contributed by atoms with Gasteiger partial charge in [-0.3, -0.25) is 4.99 Å². The molecule has 25 heavy (non-hydrogen) atoms. The lowest BCUT2D eigenvalue weighted by Crippen LogP contribution is -2.39. The van der Waals surface area contributed by atoms with Gasteiger partial charge in [-0.2, -0.15) is 0 Å². The lowest BCUT2D eigenvalue weighted by Gasteiger charge is -2.24. The van der Waals surface area contributed by atoms with E-state index >= 15 is 0 Å². The van der Waals surface area contributed by atoms with E-state index in [0.717, 1.165) is 18.6 Å². The molecule has 0 bridgehead atoms. The highest BCUT2D eigenvalue weighted by atomic mass is 19.1. The van der Waals surface area contributed by atoms with Crippen molar-refractivity contribution in [2.24, 2.45) is 10.4 Å². The van der Waals surface area contributed by atoms with Crippen LogP contribution in [0.15, 0.2) is 23.2 Å². The molecule has 0 radical (unpaired) electrons. The summed E-state index contributed by atoms with van der Waals surface area (Å²) < 4.78 is 32.3. The van der Waals surface area contributed by atoms with Crippen molar-refractivity contribution >= 4 is 5.96 Å². The first-order chi connectivity index (χ1) is 12.1. The Labute approximate surface area is 147 Å². The van der Waals surface area contributed by atoms with Crippen LogP contribution in [0.3, 0.4) is 0 Å². The minimum Gasteiger partial charge on any atom is -0.396 e. The van der Waals surface area contributed by atoms with Gasteiger partial charge in [0.15, 0.2) is 5.96 Å². The van der Waals surface area contributed by atoms with Crippen LogP contribution in [0.1, 0.15) is 25.3 Å². The summed E-state index contributed by atoms with van der Waals surface area (Å²) in [6.45, 7) is 5.06. The Hall–Kier alpha value is -1.73. The standard InChI is InChI=1S/C18H27F2N3O2/c1-2-21-17(23-12-18(6-9-24)7-10-25-13-18)22-8-5-14-11-15(19)3-4-16(14)20/h3-4,11,24H,2,5-10,12-13H2,1H3,(H2,21,22,23). The SMILES string of the molecule is CCNC(=NCC1(CCO)CCOC1)NCCc1cc(F)ccc1F.